The SMILES string of the molecule is Cn1nc(C(=O)N[C@@H]2C3CN4CCN(C3)CC2(c2ccccc2)C4)ccc1=O. The van der Waals surface area contributed by atoms with Crippen molar-refractivity contribution in [3.8, 4) is 0 Å². The van der Waals surface area contributed by atoms with Crippen molar-refractivity contribution in [1.29, 1.82) is 0 Å². The highest BCUT2D eigenvalue weighted by Gasteiger charge is 2.55. The lowest BCUT2D eigenvalue weighted by molar-refractivity contribution is 0.0179. The maximum absolute atomic E-state index is 13.0. The number of fused-ring (bicyclic) bond motifs is 1. The van der Waals surface area contributed by atoms with Crippen LogP contribution < -0.4 is 10.9 Å². The fourth-order valence-electron chi connectivity index (χ4n) is 5.41. The number of aromatic nitrogens is 2. The Morgan fingerprint density at radius 3 is 2.39 bits per heavy atom. The van der Waals surface area contributed by atoms with Gasteiger partial charge < -0.3 is 15.1 Å². The monoisotopic (exact) mass is 379 g/mol. The van der Waals surface area contributed by atoms with Gasteiger partial charge in [-0.3, -0.25) is 9.59 Å². The van der Waals surface area contributed by atoms with Crippen LogP contribution in [0.3, 0.4) is 0 Å². The molecule has 1 aromatic heterocycles. The standard InChI is InChI=1S/C21H25N5O2/c1-24-18(27)8-7-17(23-24)20(28)22-19-15-11-25-9-10-26(12-15)14-21(19,13-25)16-5-3-2-4-6-16/h2-8,15,19H,9-14H2,1H3,(H,22,28)/t15?,19-,21?/m1/s1. The number of nitrogens with one attached hydrogen (secondary N) is 1. The molecule has 7 heteroatoms. The van der Waals surface area contributed by atoms with Gasteiger partial charge in [0.25, 0.3) is 11.5 Å². The number of amides is 1. The second-order valence-corrected chi connectivity index (χ2v) is 8.38. The number of hydrogen-bond acceptors (Lipinski definition) is 5. The predicted molar refractivity (Wildman–Crippen MR) is 105 cm³/mol. The van der Waals surface area contributed by atoms with E-state index in [4.69, 9.17) is 0 Å². The van der Waals surface area contributed by atoms with Crippen LogP contribution in [0.1, 0.15) is 16.1 Å². The van der Waals surface area contributed by atoms with E-state index in [0.29, 0.717) is 5.92 Å². The van der Waals surface area contributed by atoms with Crippen molar-refractivity contribution in [2.24, 2.45) is 13.0 Å². The Hall–Kier alpha value is -2.51. The van der Waals surface area contributed by atoms with E-state index in [1.54, 1.807) is 7.05 Å². The van der Waals surface area contributed by atoms with E-state index >= 15 is 0 Å². The maximum atomic E-state index is 13.0. The van der Waals surface area contributed by atoms with Crippen molar-refractivity contribution in [3.63, 3.8) is 0 Å². The molecule has 0 spiro atoms. The lowest BCUT2D eigenvalue weighted by Crippen LogP contribution is -2.70. The summed E-state index contributed by atoms with van der Waals surface area (Å²) in [5.74, 6) is 0.175. The molecule has 3 atom stereocenters. The van der Waals surface area contributed by atoms with E-state index in [0.717, 1.165) is 39.3 Å². The Morgan fingerprint density at radius 2 is 1.75 bits per heavy atom. The number of carbonyl (C=O) groups is 1. The molecule has 28 heavy (non-hydrogen) atoms. The minimum absolute atomic E-state index is 0.0482. The molecule has 2 aromatic rings. The Labute approximate surface area is 163 Å². The van der Waals surface area contributed by atoms with Crippen molar-refractivity contribution in [2.45, 2.75) is 11.5 Å². The van der Waals surface area contributed by atoms with Crippen LogP contribution in [0.25, 0.3) is 0 Å². The molecule has 6 rings (SSSR count). The Kier molecular flexibility index (Phi) is 4.10. The van der Waals surface area contributed by atoms with E-state index in [1.165, 1.54) is 22.4 Å². The number of rotatable bonds is 3. The third-order valence-corrected chi connectivity index (χ3v) is 6.62. The second kappa shape index (κ2) is 6.53. The molecule has 4 fully saturated rings. The van der Waals surface area contributed by atoms with Gasteiger partial charge >= 0.3 is 0 Å². The highest BCUT2D eigenvalue weighted by atomic mass is 16.2. The molecule has 0 radical (unpaired) electrons. The predicted octanol–water partition coefficient (Wildman–Crippen LogP) is 0.0777. The first-order chi connectivity index (χ1) is 13.5. The largest absolute Gasteiger partial charge is 0.347 e. The van der Waals surface area contributed by atoms with Crippen molar-refractivity contribution in [1.82, 2.24) is 24.9 Å². The van der Waals surface area contributed by atoms with Gasteiger partial charge in [-0.1, -0.05) is 30.3 Å². The van der Waals surface area contributed by atoms with E-state index < -0.39 is 0 Å². The molecule has 0 aliphatic carbocycles. The van der Waals surface area contributed by atoms with Gasteiger partial charge in [0.15, 0.2) is 0 Å². The fourth-order valence-corrected chi connectivity index (χ4v) is 5.41. The normalized spacial score (nSPS) is 33.5. The van der Waals surface area contributed by atoms with Gasteiger partial charge in [0.2, 0.25) is 0 Å². The summed E-state index contributed by atoms with van der Waals surface area (Å²) >= 11 is 0. The Morgan fingerprint density at radius 1 is 1.07 bits per heavy atom. The fraction of sp³-hybridized carbons (Fsp3) is 0.476. The van der Waals surface area contributed by atoms with Crippen LogP contribution in [0.4, 0.5) is 0 Å². The molecule has 146 valence electrons. The summed E-state index contributed by atoms with van der Waals surface area (Å²) in [4.78, 5) is 29.8. The van der Waals surface area contributed by atoms with Crippen LogP contribution >= 0.6 is 0 Å². The van der Waals surface area contributed by atoms with Crippen molar-refractivity contribution >= 4 is 5.91 Å². The van der Waals surface area contributed by atoms with Crippen LogP contribution in [-0.4, -0.2) is 70.8 Å². The van der Waals surface area contributed by atoms with Crippen LogP contribution in [0.2, 0.25) is 0 Å². The third kappa shape index (κ3) is 2.77. The first-order valence-corrected chi connectivity index (χ1v) is 9.91. The zero-order valence-corrected chi connectivity index (χ0v) is 16.0. The maximum Gasteiger partial charge on any atom is 0.271 e. The lowest BCUT2D eigenvalue weighted by atomic mass is 9.64. The molecule has 5 heterocycles. The minimum Gasteiger partial charge on any atom is -0.347 e. The topological polar surface area (TPSA) is 70.5 Å². The molecular weight excluding hydrogens is 354 g/mol. The van der Waals surface area contributed by atoms with Crippen LogP contribution in [0.15, 0.2) is 47.3 Å². The average Bonchev–Trinajstić information content (AvgIpc) is 2.95. The zero-order valence-electron chi connectivity index (χ0n) is 16.0. The number of piperidine rings is 2. The van der Waals surface area contributed by atoms with E-state index in [-0.39, 0.29) is 28.6 Å². The van der Waals surface area contributed by atoms with Crippen molar-refractivity contribution in [3.05, 3.63) is 64.1 Å². The molecule has 1 N–H and O–H groups in total. The molecule has 4 aliphatic rings. The summed E-state index contributed by atoms with van der Waals surface area (Å²) in [6, 6.07) is 13.6. The van der Waals surface area contributed by atoms with Crippen LogP contribution in [0, 0.1) is 5.92 Å². The third-order valence-electron chi connectivity index (χ3n) is 6.62. The van der Waals surface area contributed by atoms with Gasteiger partial charge in [0, 0.05) is 69.8 Å². The summed E-state index contributed by atoms with van der Waals surface area (Å²) in [7, 11) is 1.57. The molecule has 7 nitrogen and oxygen atoms in total. The number of benzene rings is 1. The van der Waals surface area contributed by atoms with Crippen LogP contribution in [0.5, 0.6) is 0 Å². The summed E-state index contributed by atoms with van der Waals surface area (Å²) in [5.41, 5.74) is 1.23. The van der Waals surface area contributed by atoms with Gasteiger partial charge in [0.05, 0.1) is 0 Å². The number of nitrogens with zero attached hydrogens (tertiary/aromatic N) is 4. The van der Waals surface area contributed by atoms with Gasteiger partial charge in [-0.25, -0.2) is 4.68 Å². The average molecular weight is 379 g/mol. The molecular formula is C21H25N5O2. The quantitative estimate of drug-likeness (QED) is 0.818. The first-order valence-electron chi connectivity index (χ1n) is 9.91. The molecule has 1 aromatic carbocycles. The van der Waals surface area contributed by atoms with Crippen LogP contribution in [-0.2, 0) is 12.5 Å². The summed E-state index contributed by atoms with van der Waals surface area (Å²) < 4.78 is 1.21. The number of hydrogen-bond donors (Lipinski definition) is 1. The summed E-state index contributed by atoms with van der Waals surface area (Å²) in [6.45, 7) is 6.11. The lowest BCUT2D eigenvalue weighted by Gasteiger charge is -2.55. The highest BCUT2D eigenvalue weighted by Crippen LogP contribution is 2.43. The molecule has 4 aliphatic heterocycles. The zero-order chi connectivity index (χ0) is 19.3. The summed E-state index contributed by atoms with van der Waals surface area (Å²) in [5, 5.41) is 7.46. The molecule has 4 saturated heterocycles. The Balaban J connectivity index is 1.52. The van der Waals surface area contributed by atoms with Gasteiger partial charge in [-0.05, 0) is 11.6 Å². The van der Waals surface area contributed by atoms with E-state index in [1.807, 2.05) is 6.07 Å². The smallest absolute Gasteiger partial charge is 0.271 e. The number of aryl methyl sites for hydroxylation is 1. The van der Waals surface area contributed by atoms with Gasteiger partial charge in [-0.15, -0.1) is 0 Å². The first kappa shape index (κ1) is 17.6. The Bertz CT molecular complexity index is 941. The molecule has 1 amide bonds. The van der Waals surface area contributed by atoms with Gasteiger partial charge in [-0.2, -0.15) is 5.10 Å². The molecule has 0 saturated carbocycles. The second-order valence-electron chi connectivity index (χ2n) is 8.38. The molecule has 4 bridgehead atoms. The van der Waals surface area contributed by atoms with Gasteiger partial charge in [0.1, 0.15) is 5.69 Å². The highest BCUT2D eigenvalue weighted by molar-refractivity contribution is 5.92. The van der Waals surface area contributed by atoms with Crippen molar-refractivity contribution < 1.29 is 4.79 Å². The minimum atomic E-state index is -0.219. The molecule has 2 unspecified atom stereocenters. The van der Waals surface area contributed by atoms with E-state index in [2.05, 4.69) is 44.5 Å². The van der Waals surface area contributed by atoms with Crippen molar-refractivity contribution in [2.75, 3.05) is 39.3 Å². The number of carbonyl (C=O) groups excluding carboxylic acids is 1. The summed E-state index contributed by atoms with van der Waals surface area (Å²) in [6.07, 6.45) is 0. The van der Waals surface area contributed by atoms with E-state index in [9.17, 15) is 9.59 Å².